The second kappa shape index (κ2) is 11.3. The summed E-state index contributed by atoms with van der Waals surface area (Å²) in [5, 5.41) is 11.5. The molecule has 0 radical (unpaired) electrons. The summed E-state index contributed by atoms with van der Waals surface area (Å²) in [6.07, 6.45) is 5.36. The predicted molar refractivity (Wildman–Crippen MR) is 132 cm³/mol. The minimum absolute atomic E-state index is 0.126. The Hall–Kier alpha value is -3.06. The van der Waals surface area contributed by atoms with Crippen LogP contribution in [-0.2, 0) is 28.2 Å². The summed E-state index contributed by atoms with van der Waals surface area (Å²) in [6.45, 7) is 3.77. The molecular formula is C29H35F2N2O3+. The van der Waals surface area contributed by atoms with E-state index >= 15 is 0 Å². The Morgan fingerprint density at radius 1 is 1.14 bits per heavy atom. The third kappa shape index (κ3) is 6.01. The molecule has 36 heavy (non-hydrogen) atoms. The maximum atomic E-state index is 14.2. The van der Waals surface area contributed by atoms with Crippen LogP contribution in [0.5, 0.6) is 0 Å². The fourth-order valence-corrected chi connectivity index (χ4v) is 5.13. The maximum Gasteiger partial charge on any atom is 0.343 e. The van der Waals surface area contributed by atoms with E-state index in [0.29, 0.717) is 18.4 Å². The van der Waals surface area contributed by atoms with E-state index in [2.05, 4.69) is 34.4 Å². The number of aryl methyl sites for hydroxylation is 1. The van der Waals surface area contributed by atoms with Crippen molar-refractivity contribution in [1.29, 1.82) is 0 Å². The lowest BCUT2D eigenvalue weighted by Crippen LogP contribution is -2.48. The van der Waals surface area contributed by atoms with Gasteiger partial charge in [0.25, 0.3) is 5.82 Å². The number of esters is 1. The number of carbonyl (C=O) groups is 1. The van der Waals surface area contributed by atoms with Gasteiger partial charge in [0.05, 0.1) is 13.2 Å². The van der Waals surface area contributed by atoms with E-state index in [0.717, 1.165) is 25.3 Å². The normalized spacial score (nSPS) is 18.9. The third-order valence-corrected chi connectivity index (χ3v) is 7.24. The van der Waals surface area contributed by atoms with Crippen molar-refractivity contribution < 1.29 is 28.0 Å². The van der Waals surface area contributed by atoms with Gasteiger partial charge in [-0.15, -0.1) is 0 Å². The summed E-state index contributed by atoms with van der Waals surface area (Å²) < 4.78 is 38.2. The molecule has 5 nitrogen and oxygen atoms in total. The van der Waals surface area contributed by atoms with E-state index < -0.39 is 29.8 Å². The van der Waals surface area contributed by atoms with Crippen LogP contribution in [0.3, 0.4) is 0 Å². The fraction of sp³-hybridized carbons (Fsp3) is 0.448. The van der Waals surface area contributed by atoms with Crippen molar-refractivity contribution in [2.24, 2.45) is 5.92 Å². The third-order valence-electron chi connectivity index (χ3n) is 7.24. The van der Waals surface area contributed by atoms with Crippen LogP contribution < -0.4 is 4.57 Å². The molecule has 1 heterocycles. The number of halogens is 2. The molecule has 4 rings (SSSR count). The van der Waals surface area contributed by atoms with Crippen LogP contribution in [-0.4, -0.2) is 28.2 Å². The van der Waals surface area contributed by atoms with Gasteiger partial charge in [-0.05, 0) is 36.8 Å². The number of ether oxygens (including phenoxy) is 1. The summed E-state index contributed by atoms with van der Waals surface area (Å²) in [7, 11) is 0. The molecule has 2 aromatic carbocycles. The van der Waals surface area contributed by atoms with Gasteiger partial charge in [-0.3, -0.25) is 0 Å². The van der Waals surface area contributed by atoms with E-state index in [-0.39, 0.29) is 19.4 Å². The number of hydrogen-bond donors (Lipinski definition) is 1. The van der Waals surface area contributed by atoms with E-state index in [1.54, 1.807) is 30.3 Å². The van der Waals surface area contributed by atoms with Gasteiger partial charge in [0.2, 0.25) is 5.92 Å². The Kier molecular flexibility index (Phi) is 8.19. The molecular weight excluding hydrogens is 462 g/mol. The lowest BCUT2D eigenvalue weighted by molar-refractivity contribution is -0.694. The molecule has 7 heteroatoms. The summed E-state index contributed by atoms with van der Waals surface area (Å²) in [4.78, 5) is 13.1. The molecule has 1 fully saturated rings. The number of nitrogens with zero attached hydrogens (tertiary/aromatic N) is 2. The lowest BCUT2D eigenvalue weighted by atomic mass is 9.72. The molecule has 2 atom stereocenters. The maximum absolute atomic E-state index is 14.2. The zero-order valence-electron chi connectivity index (χ0n) is 20.8. The topological polar surface area (TPSA) is 55.3 Å². The van der Waals surface area contributed by atoms with Crippen LogP contribution in [0.25, 0.3) is 0 Å². The molecule has 0 aliphatic heterocycles. The summed E-state index contributed by atoms with van der Waals surface area (Å²) in [5.41, 5.74) is -0.536. The predicted octanol–water partition coefficient (Wildman–Crippen LogP) is 5.17. The first-order valence-corrected chi connectivity index (χ1v) is 12.7. The van der Waals surface area contributed by atoms with Crippen molar-refractivity contribution in [2.45, 2.75) is 70.1 Å². The van der Waals surface area contributed by atoms with Crippen LogP contribution in [0, 0.1) is 12.8 Å². The van der Waals surface area contributed by atoms with Crippen LogP contribution in [0.15, 0.2) is 73.1 Å². The molecule has 192 valence electrons. The average Bonchev–Trinajstić information content (AvgIpc) is 3.22. The average molecular weight is 498 g/mol. The first kappa shape index (κ1) is 26.0. The van der Waals surface area contributed by atoms with Gasteiger partial charge in [-0.25, -0.2) is 22.7 Å². The van der Waals surface area contributed by atoms with Gasteiger partial charge in [-0.2, -0.15) is 0 Å². The number of rotatable bonds is 10. The monoisotopic (exact) mass is 497 g/mol. The highest BCUT2D eigenvalue weighted by atomic mass is 19.3. The van der Waals surface area contributed by atoms with Gasteiger partial charge in [-0.1, -0.05) is 60.7 Å². The molecule has 3 aromatic rings. The SMILES string of the molecule is Cc1n(CCCCOC(=O)[C@](O)(c2ccccc2)[C@@H]2CCCC(F)(F)C2)cc[n+]1Cc1ccccc1. The van der Waals surface area contributed by atoms with Crippen LogP contribution in [0.4, 0.5) is 8.78 Å². The molecule has 0 saturated heterocycles. The summed E-state index contributed by atoms with van der Waals surface area (Å²) in [6, 6.07) is 18.6. The van der Waals surface area contributed by atoms with E-state index in [4.69, 9.17) is 4.74 Å². The highest BCUT2D eigenvalue weighted by Gasteiger charge is 2.52. The van der Waals surface area contributed by atoms with E-state index in [1.807, 2.05) is 24.4 Å². The zero-order chi connectivity index (χ0) is 25.6. The highest BCUT2D eigenvalue weighted by Crippen LogP contribution is 2.45. The molecule has 1 aromatic heterocycles. The van der Waals surface area contributed by atoms with Gasteiger partial charge in [0.15, 0.2) is 5.60 Å². The molecule has 1 aliphatic carbocycles. The molecule has 1 saturated carbocycles. The zero-order valence-corrected chi connectivity index (χ0v) is 20.8. The minimum Gasteiger partial charge on any atom is -0.463 e. The lowest BCUT2D eigenvalue weighted by Gasteiger charge is -2.39. The number of carbonyl (C=O) groups excluding carboxylic acids is 1. The van der Waals surface area contributed by atoms with Gasteiger partial charge < -0.3 is 9.84 Å². The smallest absolute Gasteiger partial charge is 0.343 e. The van der Waals surface area contributed by atoms with Crippen molar-refractivity contribution in [3.05, 3.63) is 90.0 Å². The molecule has 1 aliphatic rings. The van der Waals surface area contributed by atoms with Crippen molar-refractivity contribution in [1.82, 2.24) is 4.57 Å². The molecule has 0 bridgehead atoms. The second-order valence-corrected chi connectivity index (χ2v) is 9.78. The summed E-state index contributed by atoms with van der Waals surface area (Å²) in [5.74, 6) is -3.49. The first-order valence-electron chi connectivity index (χ1n) is 12.7. The van der Waals surface area contributed by atoms with E-state index in [9.17, 15) is 18.7 Å². The Bertz CT molecular complexity index is 1130. The Balaban J connectivity index is 1.32. The van der Waals surface area contributed by atoms with Gasteiger partial charge in [0.1, 0.15) is 18.9 Å². The van der Waals surface area contributed by atoms with E-state index in [1.165, 1.54) is 5.56 Å². The van der Waals surface area contributed by atoms with Crippen LogP contribution in [0.1, 0.15) is 55.5 Å². The number of aromatic nitrogens is 2. The quantitative estimate of drug-likeness (QED) is 0.239. The van der Waals surface area contributed by atoms with Crippen molar-refractivity contribution in [2.75, 3.05) is 6.61 Å². The number of hydrogen-bond acceptors (Lipinski definition) is 3. The van der Waals surface area contributed by atoms with Crippen molar-refractivity contribution in [3.8, 4) is 0 Å². The molecule has 1 N–H and O–H groups in total. The number of imidazole rings is 1. The Morgan fingerprint density at radius 3 is 2.53 bits per heavy atom. The van der Waals surface area contributed by atoms with Crippen LogP contribution >= 0.6 is 0 Å². The molecule has 0 spiro atoms. The van der Waals surface area contributed by atoms with Crippen molar-refractivity contribution in [3.63, 3.8) is 0 Å². The van der Waals surface area contributed by atoms with Crippen molar-refractivity contribution >= 4 is 5.97 Å². The standard InChI is InChI=1S/C29H35F2N2O3/c1-23-32(18-19-33(23)22-24-11-4-2-5-12-24)17-8-9-20-36-27(34)29(35,25-13-6-3-7-14-25)26-15-10-16-28(30,31)21-26/h2-7,11-14,18-19,26,35H,8-10,15-17,20-22H2,1H3/q+1/t26-,29+/m1/s1. The number of benzene rings is 2. The Labute approximate surface area is 211 Å². The fourth-order valence-electron chi connectivity index (χ4n) is 5.13. The van der Waals surface area contributed by atoms with Crippen LogP contribution in [0.2, 0.25) is 0 Å². The largest absolute Gasteiger partial charge is 0.463 e. The number of aliphatic hydroxyl groups is 1. The van der Waals surface area contributed by atoms with Gasteiger partial charge in [0, 0.05) is 25.7 Å². The molecule has 0 unspecified atom stereocenters. The van der Waals surface area contributed by atoms with Gasteiger partial charge >= 0.3 is 5.97 Å². The Morgan fingerprint density at radius 2 is 1.83 bits per heavy atom. The minimum atomic E-state index is -2.89. The number of unbranched alkanes of at least 4 members (excludes halogenated alkanes) is 1. The first-order chi connectivity index (χ1) is 17.3. The number of alkyl halides is 2. The molecule has 0 amide bonds. The summed E-state index contributed by atoms with van der Waals surface area (Å²) >= 11 is 0. The highest BCUT2D eigenvalue weighted by molar-refractivity contribution is 5.81. The second-order valence-electron chi connectivity index (χ2n) is 9.78.